The molecule has 2 N–H and O–H groups in total. The molecule has 2 fully saturated rings. The second-order valence-corrected chi connectivity index (χ2v) is 4.84. The van der Waals surface area contributed by atoms with Crippen LogP contribution < -0.4 is 5.73 Å². The first kappa shape index (κ1) is 9.97. The van der Waals surface area contributed by atoms with Gasteiger partial charge >= 0.3 is 5.97 Å². The van der Waals surface area contributed by atoms with Gasteiger partial charge in [0.15, 0.2) is 0 Å². The minimum atomic E-state index is -0.680. The van der Waals surface area contributed by atoms with Gasteiger partial charge in [0, 0.05) is 0 Å². The Labute approximate surface area is 85.0 Å². The van der Waals surface area contributed by atoms with Gasteiger partial charge in [-0.05, 0) is 37.5 Å². The Bertz CT molecular complexity index is 237. The summed E-state index contributed by atoms with van der Waals surface area (Å²) in [4.78, 5) is 11.5. The summed E-state index contributed by atoms with van der Waals surface area (Å²) in [6.45, 7) is 0. The molecule has 0 aliphatic heterocycles. The van der Waals surface area contributed by atoms with Gasteiger partial charge < -0.3 is 10.5 Å². The summed E-state index contributed by atoms with van der Waals surface area (Å²) in [6.07, 6.45) is 6.63. The van der Waals surface area contributed by atoms with Crippen molar-refractivity contribution in [3.63, 3.8) is 0 Å². The van der Waals surface area contributed by atoms with E-state index in [2.05, 4.69) is 0 Å². The van der Waals surface area contributed by atoms with Crippen LogP contribution in [-0.2, 0) is 9.53 Å². The molecular weight excluding hydrogens is 178 g/mol. The van der Waals surface area contributed by atoms with Crippen LogP contribution >= 0.6 is 0 Å². The van der Waals surface area contributed by atoms with Crippen molar-refractivity contribution in [3.05, 3.63) is 0 Å². The standard InChI is InChI=1S/C11H19NO2/c1-14-10(13)11(12)6-2-3-9(7-11)8-4-5-8/h8-9H,2-7,12H2,1H3/t9?,11-/m0/s1. The van der Waals surface area contributed by atoms with Crippen LogP contribution in [0, 0.1) is 11.8 Å². The van der Waals surface area contributed by atoms with Gasteiger partial charge in [0.2, 0.25) is 0 Å². The van der Waals surface area contributed by atoms with E-state index in [1.807, 2.05) is 0 Å². The fourth-order valence-corrected chi connectivity index (χ4v) is 2.71. The van der Waals surface area contributed by atoms with Gasteiger partial charge in [0.05, 0.1) is 7.11 Å². The van der Waals surface area contributed by atoms with Gasteiger partial charge in [0.1, 0.15) is 5.54 Å². The van der Waals surface area contributed by atoms with Crippen LogP contribution in [0.15, 0.2) is 0 Å². The Balaban J connectivity index is 2.00. The summed E-state index contributed by atoms with van der Waals surface area (Å²) >= 11 is 0. The molecule has 0 spiro atoms. The smallest absolute Gasteiger partial charge is 0.325 e. The van der Waals surface area contributed by atoms with E-state index in [1.165, 1.54) is 26.4 Å². The normalized spacial score (nSPS) is 38.0. The number of hydrogen-bond donors (Lipinski definition) is 1. The number of ether oxygens (including phenoxy) is 1. The third-order valence-corrected chi connectivity index (χ3v) is 3.70. The number of carbonyl (C=O) groups excluding carboxylic acids is 1. The van der Waals surface area contributed by atoms with Gasteiger partial charge in [-0.15, -0.1) is 0 Å². The van der Waals surface area contributed by atoms with E-state index >= 15 is 0 Å². The van der Waals surface area contributed by atoms with Gasteiger partial charge in [0.25, 0.3) is 0 Å². The zero-order valence-electron chi connectivity index (χ0n) is 8.79. The largest absolute Gasteiger partial charge is 0.468 e. The number of rotatable bonds is 2. The second kappa shape index (κ2) is 3.54. The lowest BCUT2D eigenvalue weighted by Gasteiger charge is -2.35. The molecule has 0 bridgehead atoms. The Morgan fingerprint density at radius 3 is 2.64 bits per heavy atom. The van der Waals surface area contributed by atoms with Crippen molar-refractivity contribution in [3.8, 4) is 0 Å². The van der Waals surface area contributed by atoms with Crippen LogP contribution in [0.25, 0.3) is 0 Å². The first-order chi connectivity index (χ1) is 6.65. The van der Waals surface area contributed by atoms with Crippen LogP contribution in [0.2, 0.25) is 0 Å². The molecule has 2 aliphatic rings. The van der Waals surface area contributed by atoms with Crippen molar-refractivity contribution in [2.45, 2.75) is 44.1 Å². The molecule has 0 aromatic heterocycles. The third-order valence-electron chi connectivity index (χ3n) is 3.70. The quantitative estimate of drug-likeness (QED) is 0.682. The van der Waals surface area contributed by atoms with E-state index in [4.69, 9.17) is 10.5 Å². The molecular formula is C11H19NO2. The highest BCUT2D eigenvalue weighted by Gasteiger charge is 2.44. The molecule has 0 aromatic carbocycles. The van der Waals surface area contributed by atoms with Gasteiger partial charge in [-0.25, -0.2) is 0 Å². The Hall–Kier alpha value is -0.570. The van der Waals surface area contributed by atoms with E-state index in [0.717, 1.165) is 25.2 Å². The Morgan fingerprint density at radius 2 is 2.07 bits per heavy atom. The van der Waals surface area contributed by atoms with Crippen LogP contribution in [0.1, 0.15) is 38.5 Å². The number of esters is 1. The maximum Gasteiger partial charge on any atom is 0.325 e. The van der Waals surface area contributed by atoms with E-state index in [-0.39, 0.29) is 5.97 Å². The molecule has 2 saturated carbocycles. The molecule has 0 amide bonds. The Kier molecular flexibility index (Phi) is 2.52. The lowest BCUT2D eigenvalue weighted by molar-refractivity contribution is -0.149. The molecule has 14 heavy (non-hydrogen) atoms. The van der Waals surface area contributed by atoms with E-state index < -0.39 is 5.54 Å². The van der Waals surface area contributed by atoms with Crippen molar-refractivity contribution >= 4 is 5.97 Å². The highest BCUT2D eigenvalue weighted by Crippen LogP contribution is 2.46. The predicted octanol–water partition coefficient (Wildman–Crippen LogP) is 1.46. The zero-order valence-corrected chi connectivity index (χ0v) is 8.79. The van der Waals surface area contributed by atoms with Crippen molar-refractivity contribution in [2.75, 3.05) is 7.11 Å². The van der Waals surface area contributed by atoms with Crippen LogP contribution in [0.5, 0.6) is 0 Å². The lowest BCUT2D eigenvalue weighted by atomic mass is 9.74. The predicted molar refractivity (Wildman–Crippen MR) is 53.6 cm³/mol. The average molecular weight is 197 g/mol. The number of carbonyl (C=O) groups is 1. The zero-order chi connectivity index (χ0) is 10.2. The van der Waals surface area contributed by atoms with E-state index in [9.17, 15) is 4.79 Å². The highest BCUT2D eigenvalue weighted by molar-refractivity contribution is 5.80. The summed E-state index contributed by atoms with van der Waals surface area (Å²) in [6, 6.07) is 0. The number of nitrogens with two attached hydrogens (primary N) is 1. The molecule has 80 valence electrons. The minimum Gasteiger partial charge on any atom is -0.468 e. The summed E-state index contributed by atoms with van der Waals surface area (Å²) in [5.41, 5.74) is 5.41. The highest BCUT2D eigenvalue weighted by atomic mass is 16.5. The van der Waals surface area contributed by atoms with Gasteiger partial charge in [-0.3, -0.25) is 4.79 Å². The van der Waals surface area contributed by atoms with Crippen molar-refractivity contribution < 1.29 is 9.53 Å². The fraction of sp³-hybridized carbons (Fsp3) is 0.909. The first-order valence-corrected chi connectivity index (χ1v) is 5.53. The summed E-state index contributed by atoms with van der Waals surface area (Å²) in [5.74, 6) is 1.30. The molecule has 0 heterocycles. The fourth-order valence-electron chi connectivity index (χ4n) is 2.71. The molecule has 0 saturated heterocycles. The number of hydrogen-bond acceptors (Lipinski definition) is 3. The monoisotopic (exact) mass is 197 g/mol. The van der Waals surface area contributed by atoms with Gasteiger partial charge in [-0.1, -0.05) is 12.8 Å². The molecule has 3 heteroatoms. The lowest BCUT2D eigenvalue weighted by Crippen LogP contribution is -2.52. The SMILES string of the molecule is COC(=O)[C@]1(N)CCCC(C2CC2)C1. The maximum absolute atomic E-state index is 11.5. The molecule has 3 nitrogen and oxygen atoms in total. The van der Waals surface area contributed by atoms with Gasteiger partial charge in [-0.2, -0.15) is 0 Å². The molecule has 0 aromatic rings. The molecule has 0 radical (unpaired) electrons. The third kappa shape index (κ3) is 1.78. The molecule has 2 atom stereocenters. The Morgan fingerprint density at radius 1 is 1.36 bits per heavy atom. The molecule has 2 aliphatic carbocycles. The molecule has 2 rings (SSSR count). The first-order valence-electron chi connectivity index (χ1n) is 5.53. The summed E-state index contributed by atoms with van der Waals surface area (Å²) in [7, 11) is 1.43. The van der Waals surface area contributed by atoms with Crippen LogP contribution in [0.4, 0.5) is 0 Å². The minimum absolute atomic E-state index is 0.220. The summed E-state index contributed by atoms with van der Waals surface area (Å²) in [5, 5.41) is 0. The van der Waals surface area contributed by atoms with Crippen LogP contribution in [0.3, 0.4) is 0 Å². The maximum atomic E-state index is 11.5. The second-order valence-electron chi connectivity index (χ2n) is 4.84. The van der Waals surface area contributed by atoms with Crippen molar-refractivity contribution in [1.82, 2.24) is 0 Å². The summed E-state index contributed by atoms with van der Waals surface area (Å²) < 4.78 is 4.78. The average Bonchev–Trinajstić information content (AvgIpc) is 3.00. The molecule has 1 unspecified atom stereocenters. The topological polar surface area (TPSA) is 52.3 Å². The number of methoxy groups -OCH3 is 1. The van der Waals surface area contributed by atoms with Crippen LogP contribution in [-0.4, -0.2) is 18.6 Å². The van der Waals surface area contributed by atoms with Crippen molar-refractivity contribution in [1.29, 1.82) is 0 Å². The van der Waals surface area contributed by atoms with E-state index in [1.54, 1.807) is 0 Å². The van der Waals surface area contributed by atoms with Crippen molar-refractivity contribution in [2.24, 2.45) is 17.6 Å². The van der Waals surface area contributed by atoms with E-state index in [0.29, 0.717) is 5.92 Å².